The highest BCUT2D eigenvalue weighted by Gasteiger charge is 2.10. The minimum Gasteiger partial charge on any atom is -0.478 e. The van der Waals surface area contributed by atoms with Gasteiger partial charge < -0.3 is 9.67 Å². The van der Waals surface area contributed by atoms with Crippen molar-refractivity contribution in [2.75, 3.05) is 0 Å². The Hall–Kier alpha value is -4.10. The molecule has 0 atom stereocenters. The molecule has 4 rings (SSSR count). The topological polar surface area (TPSA) is 66.0 Å². The number of nitrogens with zero attached hydrogens (tertiary/aromatic N) is 2. The van der Waals surface area contributed by atoms with Crippen LogP contribution in [-0.2, 0) is 6.54 Å². The molecule has 30 heavy (non-hydrogen) atoms. The number of carbonyl (C=O) groups is 1. The Labute approximate surface area is 174 Å². The average Bonchev–Trinajstić information content (AvgIpc) is 3.09. The van der Waals surface area contributed by atoms with Gasteiger partial charge in [0.1, 0.15) is 0 Å². The molecule has 4 heteroatoms. The van der Waals surface area contributed by atoms with Gasteiger partial charge in [0.05, 0.1) is 17.2 Å². The summed E-state index contributed by atoms with van der Waals surface area (Å²) in [6.07, 6.45) is 3.93. The molecule has 0 aliphatic heterocycles. The maximum absolute atomic E-state index is 11.1. The van der Waals surface area contributed by atoms with Crippen molar-refractivity contribution in [3.8, 4) is 6.07 Å². The first-order valence-electron chi connectivity index (χ1n) is 9.64. The minimum absolute atomic E-state index is 0.200. The third kappa shape index (κ3) is 3.87. The predicted octanol–water partition coefficient (Wildman–Crippen LogP) is 5.76. The summed E-state index contributed by atoms with van der Waals surface area (Å²) in [7, 11) is 0. The lowest BCUT2D eigenvalue weighted by atomic mass is 10.0. The van der Waals surface area contributed by atoms with Crippen LogP contribution in [0.2, 0.25) is 0 Å². The summed E-state index contributed by atoms with van der Waals surface area (Å²) < 4.78 is 2.19. The van der Waals surface area contributed by atoms with Gasteiger partial charge in [0, 0.05) is 29.2 Å². The maximum atomic E-state index is 11.1. The summed E-state index contributed by atoms with van der Waals surface area (Å²) in [6, 6.07) is 25.2. The molecule has 0 amide bonds. The van der Waals surface area contributed by atoms with Gasteiger partial charge in [-0.3, -0.25) is 0 Å². The minimum atomic E-state index is -0.983. The lowest BCUT2D eigenvalue weighted by Gasteiger charge is -2.06. The van der Waals surface area contributed by atoms with Crippen LogP contribution >= 0.6 is 0 Å². The Morgan fingerprint density at radius 1 is 1.03 bits per heavy atom. The molecule has 1 heterocycles. The maximum Gasteiger partial charge on any atom is 0.335 e. The summed E-state index contributed by atoms with van der Waals surface area (Å²) in [4.78, 5) is 11.1. The molecule has 0 aliphatic carbocycles. The van der Waals surface area contributed by atoms with E-state index in [2.05, 4.69) is 60.2 Å². The third-order valence-electron chi connectivity index (χ3n) is 5.12. The Morgan fingerprint density at radius 3 is 2.47 bits per heavy atom. The van der Waals surface area contributed by atoms with Crippen molar-refractivity contribution in [3.63, 3.8) is 0 Å². The number of carboxylic acids is 1. The average molecular weight is 392 g/mol. The number of carboxylic acid groups (broad SMARTS) is 1. The van der Waals surface area contributed by atoms with Gasteiger partial charge in [0.25, 0.3) is 0 Å². The third-order valence-corrected chi connectivity index (χ3v) is 5.12. The fraction of sp³-hybridized carbons (Fsp3) is 0.0769. The van der Waals surface area contributed by atoms with Crippen LogP contribution in [0.1, 0.15) is 32.6 Å². The van der Waals surface area contributed by atoms with Crippen LogP contribution in [0.25, 0.3) is 22.6 Å². The second kappa shape index (κ2) is 8.10. The highest BCUT2D eigenvalue weighted by molar-refractivity contribution is 5.98. The van der Waals surface area contributed by atoms with Crippen LogP contribution < -0.4 is 0 Å². The molecule has 1 aromatic heterocycles. The molecule has 4 nitrogen and oxygen atoms in total. The van der Waals surface area contributed by atoms with Crippen molar-refractivity contribution in [3.05, 3.63) is 107 Å². The number of para-hydroxylation sites is 1. The summed E-state index contributed by atoms with van der Waals surface area (Å²) >= 11 is 0. The summed E-state index contributed by atoms with van der Waals surface area (Å²) in [5.41, 5.74) is 5.88. The number of aryl methyl sites for hydroxylation is 1. The number of hydrogen-bond acceptors (Lipinski definition) is 2. The number of hydrogen-bond donors (Lipinski definition) is 1. The highest BCUT2D eigenvalue weighted by Crippen LogP contribution is 2.27. The van der Waals surface area contributed by atoms with Gasteiger partial charge in [-0.1, -0.05) is 60.2 Å². The summed E-state index contributed by atoms with van der Waals surface area (Å²) in [5, 5.41) is 19.9. The number of allylic oxidation sites excluding steroid dienone is 1. The second-order valence-corrected chi connectivity index (χ2v) is 7.27. The lowest BCUT2D eigenvalue weighted by molar-refractivity contribution is 0.0697. The fourth-order valence-electron chi connectivity index (χ4n) is 3.66. The van der Waals surface area contributed by atoms with E-state index in [-0.39, 0.29) is 5.56 Å². The van der Waals surface area contributed by atoms with E-state index in [9.17, 15) is 10.1 Å². The Bertz CT molecular complexity index is 1310. The van der Waals surface area contributed by atoms with Gasteiger partial charge in [-0.2, -0.15) is 5.26 Å². The van der Waals surface area contributed by atoms with E-state index in [4.69, 9.17) is 5.11 Å². The number of fused-ring (bicyclic) bond motifs is 1. The van der Waals surface area contributed by atoms with Crippen LogP contribution in [0.15, 0.2) is 79.0 Å². The molecule has 4 aromatic rings. The Balaban J connectivity index is 1.76. The van der Waals surface area contributed by atoms with Crippen LogP contribution in [0.3, 0.4) is 0 Å². The molecular formula is C26H20N2O2. The number of benzene rings is 3. The number of nitriles is 1. The van der Waals surface area contributed by atoms with E-state index in [0.717, 1.165) is 23.0 Å². The quantitative estimate of drug-likeness (QED) is 0.439. The fourth-order valence-corrected chi connectivity index (χ4v) is 3.66. The second-order valence-electron chi connectivity index (χ2n) is 7.27. The molecule has 146 valence electrons. The predicted molar refractivity (Wildman–Crippen MR) is 119 cm³/mol. The van der Waals surface area contributed by atoms with Crippen LogP contribution in [0.5, 0.6) is 0 Å². The largest absolute Gasteiger partial charge is 0.478 e. The van der Waals surface area contributed by atoms with Crippen LogP contribution in [0.4, 0.5) is 0 Å². The standard InChI is InChI=1S/C26H20N2O2/c1-18-5-4-6-19(13-18)16-28-17-23(24-7-2-3-8-25(24)28)14-22(15-27)20-9-11-21(12-10-20)26(29)30/h2-14,17H,16H2,1H3,(H,29,30). The zero-order valence-electron chi connectivity index (χ0n) is 16.5. The first-order valence-corrected chi connectivity index (χ1v) is 9.64. The number of aromatic carboxylic acids is 1. The van der Waals surface area contributed by atoms with E-state index < -0.39 is 5.97 Å². The van der Waals surface area contributed by atoms with E-state index in [1.807, 2.05) is 18.2 Å². The number of rotatable bonds is 5. The lowest BCUT2D eigenvalue weighted by Crippen LogP contribution is -1.97. The molecule has 0 fully saturated rings. The zero-order valence-corrected chi connectivity index (χ0v) is 16.5. The molecule has 0 saturated carbocycles. The normalized spacial score (nSPS) is 11.4. The van der Waals surface area contributed by atoms with E-state index in [1.54, 1.807) is 12.1 Å². The van der Waals surface area contributed by atoms with Crippen LogP contribution in [0, 0.1) is 18.3 Å². The van der Waals surface area contributed by atoms with Crippen molar-refractivity contribution in [1.82, 2.24) is 4.57 Å². The molecular weight excluding hydrogens is 372 g/mol. The van der Waals surface area contributed by atoms with Gasteiger partial charge in [-0.05, 0) is 42.3 Å². The SMILES string of the molecule is Cc1cccc(Cn2cc(C=C(C#N)c3ccc(C(=O)O)cc3)c3ccccc32)c1. The van der Waals surface area contributed by atoms with Gasteiger partial charge in [-0.25, -0.2) is 4.79 Å². The first kappa shape index (κ1) is 19.2. The van der Waals surface area contributed by atoms with Crippen LogP contribution in [-0.4, -0.2) is 15.6 Å². The van der Waals surface area contributed by atoms with Gasteiger partial charge in [0.2, 0.25) is 0 Å². The van der Waals surface area contributed by atoms with Crippen molar-refractivity contribution >= 4 is 28.5 Å². The summed E-state index contributed by atoms with van der Waals surface area (Å²) in [6.45, 7) is 2.82. The van der Waals surface area contributed by atoms with Gasteiger partial charge >= 0.3 is 5.97 Å². The zero-order chi connectivity index (χ0) is 21.1. The number of aromatic nitrogens is 1. The van der Waals surface area contributed by atoms with E-state index in [1.165, 1.54) is 23.3 Å². The van der Waals surface area contributed by atoms with E-state index >= 15 is 0 Å². The monoisotopic (exact) mass is 392 g/mol. The smallest absolute Gasteiger partial charge is 0.335 e. The molecule has 1 N–H and O–H groups in total. The molecule has 0 radical (unpaired) electrons. The molecule has 0 saturated heterocycles. The highest BCUT2D eigenvalue weighted by atomic mass is 16.4. The molecule has 0 bridgehead atoms. The Morgan fingerprint density at radius 2 is 1.77 bits per heavy atom. The molecule has 0 aliphatic rings. The molecule has 0 spiro atoms. The van der Waals surface area contributed by atoms with Crippen molar-refractivity contribution < 1.29 is 9.90 Å². The molecule has 3 aromatic carbocycles. The van der Waals surface area contributed by atoms with Gasteiger partial charge in [-0.15, -0.1) is 0 Å². The Kier molecular flexibility index (Phi) is 5.19. The first-order chi connectivity index (χ1) is 14.5. The van der Waals surface area contributed by atoms with Crippen molar-refractivity contribution in [1.29, 1.82) is 5.26 Å². The van der Waals surface area contributed by atoms with E-state index in [0.29, 0.717) is 11.1 Å². The molecule has 0 unspecified atom stereocenters. The van der Waals surface area contributed by atoms with Crippen molar-refractivity contribution in [2.45, 2.75) is 13.5 Å². The summed E-state index contributed by atoms with van der Waals surface area (Å²) in [5.74, 6) is -0.983. The van der Waals surface area contributed by atoms with Gasteiger partial charge in [0.15, 0.2) is 0 Å². The van der Waals surface area contributed by atoms with Crippen molar-refractivity contribution in [2.24, 2.45) is 0 Å².